The first kappa shape index (κ1) is 18.1. The van der Waals surface area contributed by atoms with E-state index in [2.05, 4.69) is 21.1 Å². The van der Waals surface area contributed by atoms with Gasteiger partial charge in [0.2, 0.25) is 11.8 Å². The third-order valence-corrected chi connectivity index (χ3v) is 5.31. The molecule has 2 aliphatic heterocycles. The van der Waals surface area contributed by atoms with Crippen LogP contribution in [0.3, 0.4) is 0 Å². The molecular weight excluding hydrogens is 354 g/mol. The number of carbonyl (C=O) groups excluding carboxylic acids is 2. The van der Waals surface area contributed by atoms with Crippen LogP contribution in [0, 0.1) is 12.3 Å². The van der Waals surface area contributed by atoms with Crippen molar-refractivity contribution >= 4 is 28.3 Å². The summed E-state index contributed by atoms with van der Waals surface area (Å²) in [5.41, 5.74) is 0.394. The molecule has 0 bridgehead atoms. The zero-order valence-electron chi connectivity index (χ0n) is 15.5. The fourth-order valence-electron chi connectivity index (χ4n) is 3.61. The largest absolute Gasteiger partial charge is 0.332 e. The van der Waals surface area contributed by atoms with Crippen molar-refractivity contribution < 1.29 is 9.59 Å². The van der Waals surface area contributed by atoms with Crippen molar-refractivity contribution in [3.05, 3.63) is 36.7 Å². The third-order valence-electron chi connectivity index (χ3n) is 5.31. The predicted molar refractivity (Wildman–Crippen MR) is 106 cm³/mol. The van der Waals surface area contributed by atoms with Gasteiger partial charge in [0.05, 0.1) is 5.69 Å². The molecule has 3 heterocycles. The summed E-state index contributed by atoms with van der Waals surface area (Å²) in [5.74, 6) is 2.47. The van der Waals surface area contributed by atoms with Crippen molar-refractivity contribution in [2.75, 3.05) is 24.5 Å². The fraction of sp³-hybridized carbons (Fsp3) is 0.381. The van der Waals surface area contributed by atoms with Crippen LogP contribution in [0.2, 0.25) is 0 Å². The first-order chi connectivity index (χ1) is 13.6. The van der Waals surface area contributed by atoms with Gasteiger partial charge in [0, 0.05) is 61.9 Å². The van der Waals surface area contributed by atoms with Gasteiger partial charge in [-0.05, 0) is 12.1 Å². The number of piperazine rings is 1. The van der Waals surface area contributed by atoms with Crippen molar-refractivity contribution in [2.45, 2.75) is 31.3 Å². The molecular formula is C21H21N5O2. The van der Waals surface area contributed by atoms with Gasteiger partial charge in [0.1, 0.15) is 6.54 Å². The monoisotopic (exact) mass is 375 g/mol. The quantitative estimate of drug-likeness (QED) is 0.729. The minimum Gasteiger partial charge on any atom is -0.332 e. The molecule has 0 spiro atoms. The van der Waals surface area contributed by atoms with Gasteiger partial charge < -0.3 is 9.80 Å². The zero-order valence-corrected chi connectivity index (χ0v) is 15.5. The minimum atomic E-state index is -0.467. The Morgan fingerprint density at radius 1 is 1.21 bits per heavy atom. The Morgan fingerprint density at radius 3 is 2.82 bits per heavy atom. The van der Waals surface area contributed by atoms with E-state index < -0.39 is 5.66 Å². The van der Waals surface area contributed by atoms with E-state index in [0.29, 0.717) is 38.8 Å². The van der Waals surface area contributed by atoms with E-state index in [9.17, 15) is 9.59 Å². The highest BCUT2D eigenvalue weighted by Crippen LogP contribution is 2.37. The average molecular weight is 375 g/mol. The van der Waals surface area contributed by atoms with Gasteiger partial charge >= 0.3 is 0 Å². The summed E-state index contributed by atoms with van der Waals surface area (Å²) < 4.78 is 0. The summed E-state index contributed by atoms with van der Waals surface area (Å²) in [6.45, 7) is 1.08. The van der Waals surface area contributed by atoms with E-state index in [1.54, 1.807) is 22.2 Å². The second-order valence-electron chi connectivity index (χ2n) is 7.12. The second-order valence-corrected chi connectivity index (χ2v) is 7.12. The standard InChI is InChI=1S/C21H21N5O2/c1-2-3-9-21(23-24-21)10-7-19(27)25-12-13-26(20(28)15-25)18-6-4-5-16-14-22-11-8-17(16)18/h1,4-6,8,11,14H,3,7,9-10,12-13,15H2. The number of pyridine rings is 1. The van der Waals surface area contributed by atoms with Crippen molar-refractivity contribution in [2.24, 2.45) is 10.2 Å². The molecule has 1 aromatic heterocycles. The SMILES string of the molecule is C#CCCC1(CCC(=O)N2CCN(c3cccc4cnccc34)C(=O)C2)N=N1. The first-order valence-electron chi connectivity index (χ1n) is 9.40. The van der Waals surface area contributed by atoms with Crippen LogP contribution in [-0.2, 0) is 9.59 Å². The molecule has 7 heteroatoms. The number of terminal acetylenes is 1. The number of carbonyl (C=O) groups is 2. The molecule has 4 rings (SSSR count). The number of aromatic nitrogens is 1. The van der Waals surface area contributed by atoms with Crippen molar-refractivity contribution in [3.8, 4) is 12.3 Å². The maximum Gasteiger partial charge on any atom is 0.246 e. The van der Waals surface area contributed by atoms with Crippen LogP contribution in [0.4, 0.5) is 5.69 Å². The van der Waals surface area contributed by atoms with Gasteiger partial charge in [-0.1, -0.05) is 12.1 Å². The second kappa shape index (κ2) is 7.39. The van der Waals surface area contributed by atoms with E-state index in [1.165, 1.54) is 0 Å². The lowest BCUT2D eigenvalue weighted by Gasteiger charge is -2.35. The summed E-state index contributed by atoms with van der Waals surface area (Å²) in [6, 6.07) is 7.74. The lowest BCUT2D eigenvalue weighted by atomic mass is 10.0. The number of anilines is 1. The summed E-state index contributed by atoms with van der Waals surface area (Å²) in [6.07, 6.45) is 11.0. The topological polar surface area (TPSA) is 78.2 Å². The molecule has 1 aromatic carbocycles. The van der Waals surface area contributed by atoms with Crippen LogP contribution in [0.5, 0.6) is 0 Å². The maximum atomic E-state index is 12.8. The van der Waals surface area contributed by atoms with Gasteiger partial charge in [0.15, 0.2) is 5.66 Å². The lowest BCUT2D eigenvalue weighted by molar-refractivity contribution is -0.137. The molecule has 0 saturated carbocycles. The first-order valence-corrected chi connectivity index (χ1v) is 9.40. The van der Waals surface area contributed by atoms with Crippen LogP contribution in [0.25, 0.3) is 10.8 Å². The Balaban J connectivity index is 1.38. The molecule has 0 unspecified atom stereocenters. The highest BCUT2D eigenvalue weighted by molar-refractivity contribution is 6.05. The Hall–Kier alpha value is -3.27. The highest BCUT2D eigenvalue weighted by atomic mass is 16.2. The number of nitrogens with zero attached hydrogens (tertiary/aromatic N) is 5. The van der Waals surface area contributed by atoms with Gasteiger partial charge in [-0.25, -0.2) is 0 Å². The van der Waals surface area contributed by atoms with Gasteiger partial charge in [-0.15, -0.1) is 12.3 Å². The van der Waals surface area contributed by atoms with Crippen LogP contribution in [0.1, 0.15) is 25.7 Å². The third kappa shape index (κ3) is 3.58. The van der Waals surface area contributed by atoms with Gasteiger partial charge in [-0.3, -0.25) is 14.6 Å². The van der Waals surface area contributed by atoms with Crippen LogP contribution >= 0.6 is 0 Å². The summed E-state index contributed by atoms with van der Waals surface area (Å²) in [4.78, 5) is 32.9. The Kier molecular flexibility index (Phi) is 4.78. The van der Waals surface area contributed by atoms with Crippen LogP contribution in [0.15, 0.2) is 46.9 Å². The van der Waals surface area contributed by atoms with E-state index in [4.69, 9.17) is 6.42 Å². The predicted octanol–water partition coefficient (Wildman–Crippen LogP) is 2.77. The number of hydrogen-bond acceptors (Lipinski definition) is 5. The molecule has 0 N–H and O–H groups in total. The molecule has 142 valence electrons. The Morgan fingerprint density at radius 2 is 2.07 bits per heavy atom. The molecule has 28 heavy (non-hydrogen) atoms. The fourth-order valence-corrected chi connectivity index (χ4v) is 3.61. The Labute approximate surface area is 163 Å². The number of rotatable bonds is 6. The van der Waals surface area contributed by atoms with Gasteiger partial charge in [-0.2, -0.15) is 10.2 Å². The van der Waals surface area contributed by atoms with Crippen molar-refractivity contribution in [1.29, 1.82) is 0 Å². The molecule has 2 aliphatic rings. The molecule has 1 saturated heterocycles. The zero-order chi connectivity index (χ0) is 19.6. The number of fused-ring (bicyclic) bond motifs is 1. The normalized spacial score (nSPS) is 17.6. The molecule has 2 aromatic rings. The lowest BCUT2D eigenvalue weighted by Crippen LogP contribution is -2.52. The summed E-state index contributed by atoms with van der Waals surface area (Å²) >= 11 is 0. The van der Waals surface area contributed by atoms with Crippen molar-refractivity contribution in [1.82, 2.24) is 9.88 Å². The van der Waals surface area contributed by atoms with Crippen molar-refractivity contribution in [3.63, 3.8) is 0 Å². The molecule has 0 atom stereocenters. The van der Waals surface area contributed by atoms with E-state index in [0.717, 1.165) is 16.5 Å². The average Bonchev–Trinajstić information content (AvgIpc) is 3.50. The highest BCUT2D eigenvalue weighted by Gasteiger charge is 2.40. The summed E-state index contributed by atoms with van der Waals surface area (Å²) in [5, 5.41) is 10.1. The molecule has 7 nitrogen and oxygen atoms in total. The molecule has 1 fully saturated rings. The number of hydrogen-bond donors (Lipinski definition) is 0. The van der Waals surface area contributed by atoms with Crippen LogP contribution in [-0.4, -0.2) is 47.0 Å². The molecule has 2 amide bonds. The van der Waals surface area contributed by atoms with E-state index in [1.807, 2.05) is 24.3 Å². The smallest absolute Gasteiger partial charge is 0.246 e. The molecule has 0 radical (unpaired) electrons. The van der Waals surface area contributed by atoms with E-state index >= 15 is 0 Å². The minimum absolute atomic E-state index is 0.0347. The summed E-state index contributed by atoms with van der Waals surface area (Å²) in [7, 11) is 0. The van der Waals surface area contributed by atoms with E-state index in [-0.39, 0.29) is 18.4 Å². The molecule has 0 aliphatic carbocycles. The maximum absolute atomic E-state index is 12.8. The number of benzene rings is 1. The number of amides is 2. The van der Waals surface area contributed by atoms with Crippen LogP contribution < -0.4 is 4.90 Å². The Bertz CT molecular complexity index is 982. The van der Waals surface area contributed by atoms with Gasteiger partial charge in [0.25, 0.3) is 0 Å².